The van der Waals surface area contributed by atoms with Crippen LogP contribution in [0, 0.1) is 0 Å². The number of nitrogens with zero attached hydrogens (tertiary/aromatic N) is 3. The number of carbonyl (C=O) groups excluding carboxylic acids is 2. The highest BCUT2D eigenvalue weighted by molar-refractivity contribution is 5.89. The number of nitrogens with one attached hydrogen (secondary N) is 2. The molecule has 0 atom stereocenters. The van der Waals surface area contributed by atoms with Gasteiger partial charge in [-0.2, -0.15) is 13.2 Å². The third kappa shape index (κ3) is 5.85. The first-order valence-electron chi connectivity index (χ1n) is 9.49. The van der Waals surface area contributed by atoms with Crippen LogP contribution in [0.25, 0.3) is 0 Å². The second-order valence-electron chi connectivity index (χ2n) is 6.76. The summed E-state index contributed by atoms with van der Waals surface area (Å²) in [5, 5.41) is 4.98. The van der Waals surface area contributed by atoms with Gasteiger partial charge < -0.3 is 20.4 Å². The predicted octanol–water partition coefficient (Wildman–Crippen LogP) is 2.96. The number of rotatable bonds is 5. The van der Waals surface area contributed by atoms with Gasteiger partial charge >= 0.3 is 12.2 Å². The van der Waals surface area contributed by atoms with E-state index in [9.17, 15) is 22.8 Å². The first kappa shape index (κ1) is 21.4. The molecule has 0 saturated carbocycles. The zero-order valence-electron chi connectivity index (χ0n) is 16.2. The van der Waals surface area contributed by atoms with Crippen molar-refractivity contribution in [2.75, 3.05) is 42.9 Å². The van der Waals surface area contributed by atoms with E-state index in [1.807, 2.05) is 18.2 Å². The predicted molar refractivity (Wildman–Crippen MR) is 106 cm³/mol. The van der Waals surface area contributed by atoms with Crippen LogP contribution in [0.5, 0.6) is 0 Å². The molecule has 0 spiro atoms. The van der Waals surface area contributed by atoms with Gasteiger partial charge in [-0.05, 0) is 36.4 Å². The zero-order chi connectivity index (χ0) is 21.6. The van der Waals surface area contributed by atoms with Crippen molar-refractivity contribution in [3.63, 3.8) is 0 Å². The lowest BCUT2D eigenvalue weighted by Gasteiger charge is -2.35. The highest BCUT2D eigenvalue weighted by Gasteiger charge is 2.30. The fourth-order valence-corrected chi connectivity index (χ4v) is 3.08. The standard InChI is InChI=1S/C20H22F3N5O2/c21-20(22,23)15-4-6-16(7-5-15)26-19(30)25-10-8-18(29)28-13-11-27(12-14-28)17-3-1-2-9-24-17/h1-7,9H,8,10-14H2,(H2,25,26,30). The lowest BCUT2D eigenvalue weighted by Crippen LogP contribution is -2.49. The number of carbonyl (C=O) groups is 2. The molecule has 7 nitrogen and oxygen atoms in total. The van der Waals surface area contributed by atoms with Gasteiger partial charge in [-0.25, -0.2) is 9.78 Å². The van der Waals surface area contributed by atoms with Crippen molar-refractivity contribution in [1.29, 1.82) is 0 Å². The first-order valence-corrected chi connectivity index (χ1v) is 9.49. The monoisotopic (exact) mass is 421 g/mol. The zero-order valence-corrected chi connectivity index (χ0v) is 16.2. The number of pyridine rings is 1. The van der Waals surface area contributed by atoms with E-state index < -0.39 is 17.8 Å². The van der Waals surface area contributed by atoms with E-state index in [1.165, 1.54) is 12.1 Å². The molecule has 1 aromatic carbocycles. The molecule has 2 heterocycles. The van der Waals surface area contributed by atoms with Crippen LogP contribution in [0.1, 0.15) is 12.0 Å². The van der Waals surface area contributed by atoms with E-state index in [0.717, 1.165) is 18.0 Å². The summed E-state index contributed by atoms with van der Waals surface area (Å²) in [6.07, 6.45) is -2.55. The Bertz CT molecular complexity index is 851. The third-order valence-electron chi connectivity index (χ3n) is 4.70. The topological polar surface area (TPSA) is 77.6 Å². The summed E-state index contributed by atoms with van der Waals surface area (Å²) in [5.41, 5.74) is -0.556. The van der Waals surface area contributed by atoms with E-state index >= 15 is 0 Å². The van der Waals surface area contributed by atoms with Crippen molar-refractivity contribution in [2.45, 2.75) is 12.6 Å². The molecule has 2 aromatic rings. The quantitative estimate of drug-likeness (QED) is 0.778. The van der Waals surface area contributed by atoms with Crippen LogP contribution in [0.3, 0.4) is 0 Å². The van der Waals surface area contributed by atoms with Gasteiger partial charge in [0.05, 0.1) is 5.56 Å². The van der Waals surface area contributed by atoms with Gasteiger partial charge in [0.2, 0.25) is 5.91 Å². The van der Waals surface area contributed by atoms with Gasteiger partial charge in [-0.1, -0.05) is 6.07 Å². The molecule has 1 aliphatic heterocycles. The second-order valence-corrected chi connectivity index (χ2v) is 6.76. The average molecular weight is 421 g/mol. The minimum absolute atomic E-state index is 0.0644. The van der Waals surface area contributed by atoms with Crippen molar-refractivity contribution in [1.82, 2.24) is 15.2 Å². The molecule has 2 N–H and O–H groups in total. The molecule has 30 heavy (non-hydrogen) atoms. The Morgan fingerprint density at radius 2 is 1.70 bits per heavy atom. The molecule has 0 bridgehead atoms. The number of urea groups is 1. The Morgan fingerprint density at radius 1 is 1.00 bits per heavy atom. The van der Waals surface area contributed by atoms with Gasteiger partial charge in [0.1, 0.15) is 5.82 Å². The van der Waals surface area contributed by atoms with Crippen LogP contribution in [0.2, 0.25) is 0 Å². The molecule has 1 fully saturated rings. The smallest absolute Gasteiger partial charge is 0.353 e. The van der Waals surface area contributed by atoms with Crippen molar-refractivity contribution < 1.29 is 22.8 Å². The number of halogens is 3. The lowest BCUT2D eigenvalue weighted by molar-refractivity contribution is -0.137. The van der Waals surface area contributed by atoms with Gasteiger partial charge in [0.15, 0.2) is 0 Å². The Labute approximate surface area is 171 Å². The molecule has 1 aliphatic rings. The molecule has 0 unspecified atom stereocenters. The summed E-state index contributed by atoms with van der Waals surface area (Å²) in [6.45, 7) is 2.65. The Morgan fingerprint density at radius 3 is 2.30 bits per heavy atom. The molecule has 160 valence electrons. The van der Waals surface area contributed by atoms with Crippen LogP contribution in [0.15, 0.2) is 48.7 Å². The minimum Gasteiger partial charge on any atom is -0.353 e. The first-order chi connectivity index (χ1) is 14.3. The number of alkyl halides is 3. The minimum atomic E-state index is -4.43. The fraction of sp³-hybridized carbons (Fsp3) is 0.350. The molecule has 1 aromatic heterocycles. The summed E-state index contributed by atoms with van der Waals surface area (Å²) in [6, 6.07) is 9.25. The van der Waals surface area contributed by atoms with Gasteiger partial charge in [-0.15, -0.1) is 0 Å². The van der Waals surface area contributed by atoms with Crippen molar-refractivity contribution in [2.24, 2.45) is 0 Å². The molecule has 0 radical (unpaired) electrons. The normalized spacial score (nSPS) is 14.4. The molecular weight excluding hydrogens is 399 g/mol. The summed E-state index contributed by atoms with van der Waals surface area (Å²) in [4.78, 5) is 32.4. The van der Waals surface area contributed by atoms with Gasteiger partial charge in [0, 0.05) is 51.0 Å². The molecular formula is C20H22F3N5O2. The van der Waals surface area contributed by atoms with E-state index in [1.54, 1.807) is 11.1 Å². The van der Waals surface area contributed by atoms with Gasteiger partial charge in [0.25, 0.3) is 0 Å². The summed E-state index contributed by atoms with van der Waals surface area (Å²) in [5.74, 6) is 0.816. The number of hydrogen-bond donors (Lipinski definition) is 2. The fourth-order valence-electron chi connectivity index (χ4n) is 3.08. The lowest BCUT2D eigenvalue weighted by atomic mass is 10.2. The highest BCUT2D eigenvalue weighted by Crippen LogP contribution is 2.29. The highest BCUT2D eigenvalue weighted by atomic mass is 19.4. The number of anilines is 2. The Hall–Kier alpha value is -3.30. The number of aromatic nitrogens is 1. The Kier molecular flexibility index (Phi) is 6.76. The molecule has 0 aliphatic carbocycles. The second kappa shape index (κ2) is 9.47. The number of hydrogen-bond acceptors (Lipinski definition) is 4. The van der Waals surface area contributed by atoms with Crippen LogP contribution in [0.4, 0.5) is 29.5 Å². The maximum Gasteiger partial charge on any atom is 0.416 e. The van der Waals surface area contributed by atoms with E-state index in [2.05, 4.69) is 20.5 Å². The van der Waals surface area contributed by atoms with Gasteiger partial charge in [-0.3, -0.25) is 4.79 Å². The van der Waals surface area contributed by atoms with Crippen LogP contribution >= 0.6 is 0 Å². The van der Waals surface area contributed by atoms with Crippen molar-refractivity contribution in [3.8, 4) is 0 Å². The van der Waals surface area contributed by atoms with E-state index in [4.69, 9.17) is 0 Å². The largest absolute Gasteiger partial charge is 0.416 e. The van der Waals surface area contributed by atoms with Crippen molar-refractivity contribution in [3.05, 3.63) is 54.2 Å². The SMILES string of the molecule is O=C(NCCC(=O)N1CCN(c2ccccn2)CC1)Nc1ccc(C(F)(F)F)cc1. The van der Waals surface area contributed by atoms with E-state index in [-0.39, 0.29) is 24.6 Å². The summed E-state index contributed by atoms with van der Waals surface area (Å²) in [7, 11) is 0. The molecule has 10 heteroatoms. The number of piperazine rings is 1. The average Bonchev–Trinajstić information content (AvgIpc) is 2.74. The van der Waals surface area contributed by atoms with Crippen LogP contribution < -0.4 is 15.5 Å². The molecule has 1 saturated heterocycles. The van der Waals surface area contributed by atoms with E-state index in [0.29, 0.717) is 26.2 Å². The van der Waals surface area contributed by atoms with Crippen LogP contribution in [-0.2, 0) is 11.0 Å². The third-order valence-corrected chi connectivity index (χ3v) is 4.70. The number of benzene rings is 1. The maximum absolute atomic E-state index is 12.5. The number of amides is 3. The molecule has 3 rings (SSSR count). The molecule has 3 amide bonds. The van der Waals surface area contributed by atoms with Crippen LogP contribution in [-0.4, -0.2) is 54.5 Å². The summed E-state index contributed by atoms with van der Waals surface area (Å²) >= 11 is 0. The Balaban J connectivity index is 1.37. The summed E-state index contributed by atoms with van der Waals surface area (Å²) < 4.78 is 37.6. The maximum atomic E-state index is 12.5. The van der Waals surface area contributed by atoms with Crippen molar-refractivity contribution >= 4 is 23.4 Å².